The molecule has 1 fully saturated rings. The number of carbonyl (C=O) groups is 1. The summed E-state index contributed by atoms with van der Waals surface area (Å²) in [6, 6.07) is 2.20. The third kappa shape index (κ3) is 1.79. The molecule has 15 heavy (non-hydrogen) atoms. The number of aryl methyl sites for hydroxylation is 1. The van der Waals surface area contributed by atoms with Gasteiger partial charge in [0, 0.05) is 19.3 Å². The first-order valence-corrected chi connectivity index (χ1v) is 5.03. The van der Waals surface area contributed by atoms with Crippen LogP contribution in [0.3, 0.4) is 0 Å². The van der Waals surface area contributed by atoms with Crippen LogP contribution in [0.2, 0.25) is 0 Å². The van der Waals surface area contributed by atoms with Crippen LogP contribution < -0.4 is 4.90 Å². The second-order valence-electron chi connectivity index (χ2n) is 3.97. The quantitative estimate of drug-likeness (QED) is 0.817. The molecule has 0 unspecified atom stereocenters. The van der Waals surface area contributed by atoms with Gasteiger partial charge in [0.1, 0.15) is 11.4 Å². The SMILES string of the molecule is Cc1ccnc(N(C)C2CC2)c1C(=O)O. The van der Waals surface area contributed by atoms with Crippen molar-refractivity contribution in [2.24, 2.45) is 0 Å². The minimum absolute atomic E-state index is 0.326. The van der Waals surface area contributed by atoms with Gasteiger partial charge >= 0.3 is 5.97 Å². The highest BCUT2D eigenvalue weighted by Gasteiger charge is 2.30. The lowest BCUT2D eigenvalue weighted by Crippen LogP contribution is -2.23. The highest BCUT2D eigenvalue weighted by atomic mass is 16.4. The molecule has 0 saturated heterocycles. The third-order valence-corrected chi connectivity index (χ3v) is 2.78. The first kappa shape index (κ1) is 9.96. The molecular formula is C11H14N2O2. The fourth-order valence-electron chi connectivity index (χ4n) is 1.71. The lowest BCUT2D eigenvalue weighted by Gasteiger charge is -2.20. The molecule has 0 aromatic carbocycles. The van der Waals surface area contributed by atoms with Gasteiger partial charge in [-0.3, -0.25) is 0 Å². The van der Waals surface area contributed by atoms with E-state index in [0.29, 0.717) is 17.4 Å². The molecule has 0 radical (unpaired) electrons. The minimum atomic E-state index is -0.900. The Labute approximate surface area is 88.6 Å². The number of rotatable bonds is 3. The number of pyridine rings is 1. The summed E-state index contributed by atoms with van der Waals surface area (Å²) in [4.78, 5) is 17.3. The van der Waals surface area contributed by atoms with Crippen molar-refractivity contribution in [1.82, 2.24) is 4.98 Å². The molecule has 1 aliphatic carbocycles. The third-order valence-electron chi connectivity index (χ3n) is 2.78. The molecule has 1 aromatic heterocycles. The number of carboxylic acid groups (broad SMARTS) is 1. The van der Waals surface area contributed by atoms with E-state index < -0.39 is 5.97 Å². The van der Waals surface area contributed by atoms with E-state index in [9.17, 15) is 4.79 Å². The van der Waals surface area contributed by atoms with E-state index in [2.05, 4.69) is 4.98 Å². The van der Waals surface area contributed by atoms with Crippen molar-refractivity contribution in [2.45, 2.75) is 25.8 Å². The fraction of sp³-hybridized carbons (Fsp3) is 0.455. The Hall–Kier alpha value is -1.58. The van der Waals surface area contributed by atoms with E-state index in [1.54, 1.807) is 19.2 Å². The Balaban J connectivity index is 2.44. The summed E-state index contributed by atoms with van der Waals surface area (Å²) in [5.41, 5.74) is 1.09. The lowest BCUT2D eigenvalue weighted by molar-refractivity contribution is 0.0696. The van der Waals surface area contributed by atoms with Crippen molar-refractivity contribution in [2.75, 3.05) is 11.9 Å². The molecule has 0 aliphatic heterocycles. The van der Waals surface area contributed by atoms with Crippen LogP contribution >= 0.6 is 0 Å². The van der Waals surface area contributed by atoms with Crippen LogP contribution in [0, 0.1) is 6.92 Å². The molecule has 1 aliphatic rings. The molecule has 0 spiro atoms. The molecule has 4 nitrogen and oxygen atoms in total. The Morgan fingerprint density at radius 3 is 2.80 bits per heavy atom. The van der Waals surface area contributed by atoms with Crippen LogP contribution in [0.15, 0.2) is 12.3 Å². The van der Waals surface area contributed by atoms with Gasteiger partial charge in [0.2, 0.25) is 0 Å². The summed E-state index contributed by atoms with van der Waals surface area (Å²) in [6.07, 6.45) is 3.92. The molecule has 1 aromatic rings. The summed E-state index contributed by atoms with van der Waals surface area (Å²) in [6.45, 7) is 1.80. The second kappa shape index (κ2) is 3.53. The molecule has 2 rings (SSSR count). The van der Waals surface area contributed by atoms with Gasteiger partial charge in [0.25, 0.3) is 0 Å². The Kier molecular flexibility index (Phi) is 2.34. The average Bonchev–Trinajstić information content (AvgIpc) is 2.98. The maximum Gasteiger partial charge on any atom is 0.339 e. The van der Waals surface area contributed by atoms with Crippen LogP contribution in [0.5, 0.6) is 0 Å². The topological polar surface area (TPSA) is 53.4 Å². The first-order chi connectivity index (χ1) is 7.11. The number of aromatic nitrogens is 1. The van der Waals surface area contributed by atoms with E-state index in [-0.39, 0.29) is 0 Å². The average molecular weight is 206 g/mol. The standard InChI is InChI=1S/C11H14N2O2/c1-7-5-6-12-10(9(7)11(14)15)13(2)8-3-4-8/h5-6,8H,3-4H2,1-2H3,(H,14,15). The van der Waals surface area contributed by atoms with E-state index in [1.165, 1.54) is 0 Å². The summed E-state index contributed by atoms with van der Waals surface area (Å²) in [7, 11) is 1.91. The second-order valence-corrected chi connectivity index (χ2v) is 3.97. The van der Waals surface area contributed by atoms with Crippen molar-refractivity contribution >= 4 is 11.8 Å². The van der Waals surface area contributed by atoms with Gasteiger partial charge in [-0.15, -0.1) is 0 Å². The Bertz CT molecular complexity index is 400. The van der Waals surface area contributed by atoms with Gasteiger partial charge in [-0.25, -0.2) is 9.78 Å². The monoisotopic (exact) mass is 206 g/mol. The normalized spacial score (nSPS) is 15.1. The summed E-state index contributed by atoms with van der Waals surface area (Å²) in [5, 5.41) is 9.13. The number of nitrogens with zero attached hydrogens (tertiary/aromatic N) is 2. The zero-order valence-electron chi connectivity index (χ0n) is 8.90. The van der Waals surface area contributed by atoms with E-state index in [0.717, 1.165) is 18.4 Å². The van der Waals surface area contributed by atoms with Gasteiger partial charge in [-0.2, -0.15) is 0 Å². The number of hydrogen-bond acceptors (Lipinski definition) is 3. The number of carboxylic acids is 1. The molecule has 80 valence electrons. The van der Waals surface area contributed by atoms with E-state index in [4.69, 9.17) is 5.11 Å². The number of aromatic carboxylic acids is 1. The van der Waals surface area contributed by atoms with Crippen molar-refractivity contribution in [3.63, 3.8) is 0 Å². The molecule has 1 N–H and O–H groups in total. The van der Waals surface area contributed by atoms with Crippen molar-refractivity contribution in [3.05, 3.63) is 23.4 Å². The summed E-state index contributed by atoms with van der Waals surface area (Å²) >= 11 is 0. The van der Waals surface area contributed by atoms with E-state index in [1.807, 2.05) is 11.9 Å². The molecule has 0 bridgehead atoms. The van der Waals surface area contributed by atoms with Crippen molar-refractivity contribution < 1.29 is 9.90 Å². The Morgan fingerprint density at radius 2 is 2.27 bits per heavy atom. The minimum Gasteiger partial charge on any atom is -0.478 e. The van der Waals surface area contributed by atoms with Crippen molar-refractivity contribution in [3.8, 4) is 0 Å². The van der Waals surface area contributed by atoms with Crippen LogP contribution in [-0.4, -0.2) is 29.1 Å². The molecule has 0 atom stereocenters. The van der Waals surface area contributed by atoms with Crippen LogP contribution in [0.4, 0.5) is 5.82 Å². The molecule has 4 heteroatoms. The summed E-state index contributed by atoms with van der Waals surface area (Å²) in [5.74, 6) is -0.312. The summed E-state index contributed by atoms with van der Waals surface area (Å²) < 4.78 is 0. The van der Waals surface area contributed by atoms with Gasteiger partial charge in [-0.1, -0.05) is 0 Å². The Morgan fingerprint density at radius 1 is 1.60 bits per heavy atom. The number of hydrogen-bond donors (Lipinski definition) is 1. The van der Waals surface area contributed by atoms with Crippen LogP contribution in [0.1, 0.15) is 28.8 Å². The predicted octanol–water partition coefficient (Wildman–Crippen LogP) is 1.69. The van der Waals surface area contributed by atoms with E-state index >= 15 is 0 Å². The zero-order valence-corrected chi connectivity index (χ0v) is 8.90. The largest absolute Gasteiger partial charge is 0.478 e. The van der Waals surface area contributed by atoms with Gasteiger partial charge in [0.05, 0.1) is 0 Å². The smallest absolute Gasteiger partial charge is 0.339 e. The number of anilines is 1. The fourth-order valence-corrected chi connectivity index (χ4v) is 1.71. The van der Waals surface area contributed by atoms with Crippen LogP contribution in [0.25, 0.3) is 0 Å². The van der Waals surface area contributed by atoms with Gasteiger partial charge in [-0.05, 0) is 31.4 Å². The highest BCUT2D eigenvalue weighted by Crippen LogP contribution is 2.31. The highest BCUT2D eigenvalue weighted by molar-refractivity contribution is 5.95. The zero-order chi connectivity index (χ0) is 11.0. The predicted molar refractivity (Wildman–Crippen MR) is 57.4 cm³/mol. The van der Waals surface area contributed by atoms with Crippen molar-refractivity contribution in [1.29, 1.82) is 0 Å². The first-order valence-electron chi connectivity index (χ1n) is 5.03. The van der Waals surface area contributed by atoms with Gasteiger partial charge in [0.15, 0.2) is 0 Å². The molecule has 0 amide bonds. The molecular weight excluding hydrogens is 192 g/mol. The maximum atomic E-state index is 11.1. The molecule has 1 heterocycles. The van der Waals surface area contributed by atoms with Crippen LogP contribution in [-0.2, 0) is 0 Å². The maximum absolute atomic E-state index is 11.1. The lowest BCUT2D eigenvalue weighted by atomic mass is 10.1. The van der Waals surface area contributed by atoms with Gasteiger partial charge < -0.3 is 10.0 Å². The molecule has 1 saturated carbocycles.